The largest absolute Gasteiger partial charge is 0.353 e. The van der Waals surface area contributed by atoms with Crippen molar-refractivity contribution < 1.29 is 9.59 Å². The van der Waals surface area contributed by atoms with Crippen LogP contribution in [0.3, 0.4) is 0 Å². The highest BCUT2D eigenvalue weighted by atomic mass is 16.2. The number of carbonyl (C=O) groups is 2. The number of rotatable bonds is 4. The van der Waals surface area contributed by atoms with Crippen LogP contribution in [0.4, 0.5) is 0 Å². The van der Waals surface area contributed by atoms with Gasteiger partial charge in [-0.15, -0.1) is 0 Å². The molecular formula is C20H21N5O2. The van der Waals surface area contributed by atoms with Crippen molar-refractivity contribution in [1.82, 2.24) is 24.8 Å². The maximum Gasteiger partial charge on any atom is 0.239 e. The van der Waals surface area contributed by atoms with Crippen molar-refractivity contribution in [1.29, 1.82) is 0 Å². The third-order valence-corrected chi connectivity index (χ3v) is 4.88. The Bertz CT molecular complexity index is 1010. The fourth-order valence-electron chi connectivity index (χ4n) is 3.51. The molecule has 7 heteroatoms. The van der Waals surface area contributed by atoms with Gasteiger partial charge in [-0.05, 0) is 37.3 Å². The summed E-state index contributed by atoms with van der Waals surface area (Å²) in [5.74, 6) is -0.120. The van der Waals surface area contributed by atoms with E-state index in [2.05, 4.69) is 25.9 Å². The van der Waals surface area contributed by atoms with Crippen LogP contribution < -0.4 is 5.32 Å². The average Bonchev–Trinajstić information content (AvgIpc) is 3.05. The maximum atomic E-state index is 12.6. The number of aryl methyl sites for hydroxylation is 2. The van der Waals surface area contributed by atoms with E-state index in [1.165, 1.54) is 0 Å². The molecule has 7 nitrogen and oxygen atoms in total. The van der Waals surface area contributed by atoms with Gasteiger partial charge < -0.3 is 14.8 Å². The highest BCUT2D eigenvalue weighted by Gasteiger charge is 2.22. The van der Waals surface area contributed by atoms with Crippen LogP contribution in [-0.2, 0) is 16.1 Å². The Morgan fingerprint density at radius 3 is 2.85 bits per heavy atom. The first-order chi connectivity index (χ1) is 13.1. The Labute approximate surface area is 157 Å². The number of amides is 2. The van der Waals surface area contributed by atoms with Gasteiger partial charge in [-0.2, -0.15) is 0 Å². The van der Waals surface area contributed by atoms with E-state index in [1.54, 1.807) is 17.3 Å². The highest BCUT2D eigenvalue weighted by molar-refractivity contribution is 5.87. The summed E-state index contributed by atoms with van der Waals surface area (Å²) in [5, 5.41) is 3.77. The minimum atomic E-state index is -0.102. The second-order valence-electron chi connectivity index (χ2n) is 6.65. The molecule has 0 aliphatic carbocycles. The molecule has 1 aliphatic heterocycles. The number of aromatic nitrogens is 3. The summed E-state index contributed by atoms with van der Waals surface area (Å²) in [6, 6.07) is 9.96. The van der Waals surface area contributed by atoms with Gasteiger partial charge in [0.15, 0.2) is 0 Å². The molecule has 1 saturated heterocycles. The summed E-state index contributed by atoms with van der Waals surface area (Å²) in [4.78, 5) is 34.6. The molecule has 138 valence electrons. The number of fused-ring (bicyclic) bond motifs is 1. The first-order valence-corrected chi connectivity index (χ1v) is 9.04. The van der Waals surface area contributed by atoms with Crippen LogP contribution in [0.25, 0.3) is 22.3 Å². The van der Waals surface area contributed by atoms with Crippen molar-refractivity contribution >= 4 is 22.8 Å². The first-order valence-electron chi connectivity index (χ1n) is 9.04. The SMILES string of the molecule is Cc1ncccc1-c1cc2cccnc2n1CCC(=O)N1CCNC(=O)C1. The predicted molar refractivity (Wildman–Crippen MR) is 102 cm³/mol. The van der Waals surface area contributed by atoms with Gasteiger partial charge in [-0.25, -0.2) is 4.98 Å². The number of nitrogens with zero attached hydrogens (tertiary/aromatic N) is 4. The first kappa shape index (κ1) is 17.2. The fourth-order valence-corrected chi connectivity index (χ4v) is 3.51. The van der Waals surface area contributed by atoms with E-state index in [1.807, 2.05) is 31.2 Å². The van der Waals surface area contributed by atoms with E-state index >= 15 is 0 Å². The third-order valence-electron chi connectivity index (χ3n) is 4.88. The number of carbonyl (C=O) groups excluding carboxylic acids is 2. The van der Waals surface area contributed by atoms with Gasteiger partial charge in [-0.1, -0.05) is 0 Å². The molecule has 0 saturated carbocycles. The van der Waals surface area contributed by atoms with Crippen molar-refractivity contribution in [2.24, 2.45) is 0 Å². The molecular weight excluding hydrogens is 342 g/mol. The summed E-state index contributed by atoms with van der Waals surface area (Å²) in [7, 11) is 0. The molecule has 4 rings (SSSR count). The molecule has 3 aromatic rings. The van der Waals surface area contributed by atoms with Crippen molar-refractivity contribution in [3.8, 4) is 11.3 Å². The van der Waals surface area contributed by atoms with Gasteiger partial charge in [0.2, 0.25) is 11.8 Å². The Morgan fingerprint density at radius 2 is 2.04 bits per heavy atom. The summed E-state index contributed by atoms with van der Waals surface area (Å²) >= 11 is 0. The van der Waals surface area contributed by atoms with Crippen LogP contribution in [0.15, 0.2) is 42.7 Å². The zero-order valence-corrected chi connectivity index (χ0v) is 15.2. The monoisotopic (exact) mass is 363 g/mol. The lowest BCUT2D eigenvalue weighted by atomic mass is 10.1. The molecule has 2 amide bonds. The van der Waals surface area contributed by atoms with Gasteiger partial charge in [0, 0.05) is 55.1 Å². The molecule has 1 fully saturated rings. The van der Waals surface area contributed by atoms with Crippen LogP contribution in [-0.4, -0.2) is 50.9 Å². The van der Waals surface area contributed by atoms with E-state index < -0.39 is 0 Å². The van der Waals surface area contributed by atoms with E-state index in [-0.39, 0.29) is 18.4 Å². The molecule has 0 unspecified atom stereocenters. The maximum absolute atomic E-state index is 12.6. The van der Waals surface area contributed by atoms with E-state index in [4.69, 9.17) is 0 Å². The van der Waals surface area contributed by atoms with Gasteiger partial charge in [-0.3, -0.25) is 14.6 Å². The number of pyridine rings is 2. The lowest BCUT2D eigenvalue weighted by molar-refractivity contribution is -0.138. The molecule has 27 heavy (non-hydrogen) atoms. The zero-order chi connectivity index (χ0) is 18.8. The van der Waals surface area contributed by atoms with Gasteiger partial charge in [0.05, 0.1) is 12.2 Å². The number of nitrogens with one attached hydrogen (secondary N) is 1. The van der Waals surface area contributed by atoms with Crippen molar-refractivity contribution in [2.75, 3.05) is 19.6 Å². The van der Waals surface area contributed by atoms with Gasteiger partial charge >= 0.3 is 0 Å². The fraction of sp³-hybridized carbons (Fsp3) is 0.300. The van der Waals surface area contributed by atoms with Crippen molar-refractivity contribution in [3.63, 3.8) is 0 Å². The summed E-state index contributed by atoms with van der Waals surface area (Å²) < 4.78 is 2.07. The minimum Gasteiger partial charge on any atom is -0.353 e. The Balaban J connectivity index is 1.64. The summed E-state index contributed by atoms with van der Waals surface area (Å²) in [6.45, 7) is 3.68. The Morgan fingerprint density at radius 1 is 1.22 bits per heavy atom. The Hall–Kier alpha value is -3.22. The quantitative estimate of drug-likeness (QED) is 0.766. The molecule has 0 bridgehead atoms. The van der Waals surface area contributed by atoms with Crippen molar-refractivity contribution in [3.05, 3.63) is 48.4 Å². The lowest BCUT2D eigenvalue weighted by Crippen LogP contribution is -2.50. The third kappa shape index (κ3) is 3.40. The van der Waals surface area contributed by atoms with E-state index in [0.29, 0.717) is 26.1 Å². The van der Waals surface area contributed by atoms with Crippen LogP contribution in [0.2, 0.25) is 0 Å². The van der Waals surface area contributed by atoms with Crippen LogP contribution in [0, 0.1) is 6.92 Å². The Kier molecular flexibility index (Phi) is 4.58. The van der Waals surface area contributed by atoms with Crippen LogP contribution >= 0.6 is 0 Å². The second-order valence-corrected chi connectivity index (χ2v) is 6.65. The molecule has 3 aromatic heterocycles. The zero-order valence-electron chi connectivity index (χ0n) is 15.2. The summed E-state index contributed by atoms with van der Waals surface area (Å²) in [6.07, 6.45) is 3.85. The van der Waals surface area contributed by atoms with E-state index in [9.17, 15) is 9.59 Å². The number of hydrogen-bond donors (Lipinski definition) is 1. The minimum absolute atomic E-state index is 0.0171. The molecule has 0 aromatic carbocycles. The molecule has 4 heterocycles. The normalized spacial score (nSPS) is 14.4. The summed E-state index contributed by atoms with van der Waals surface area (Å²) in [5.41, 5.74) is 3.80. The molecule has 1 N–H and O–H groups in total. The smallest absolute Gasteiger partial charge is 0.239 e. The lowest BCUT2D eigenvalue weighted by Gasteiger charge is -2.26. The molecule has 0 spiro atoms. The molecule has 0 atom stereocenters. The molecule has 0 radical (unpaired) electrons. The van der Waals surface area contributed by atoms with Crippen LogP contribution in [0.5, 0.6) is 0 Å². The topological polar surface area (TPSA) is 80.1 Å². The van der Waals surface area contributed by atoms with Gasteiger partial charge in [0.1, 0.15) is 5.65 Å². The van der Waals surface area contributed by atoms with Crippen molar-refractivity contribution in [2.45, 2.75) is 19.9 Å². The second kappa shape index (κ2) is 7.19. The highest BCUT2D eigenvalue weighted by Crippen LogP contribution is 2.29. The number of piperazine rings is 1. The van der Waals surface area contributed by atoms with Crippen LogP contribution in [0.1, 0.15) is 12.1 Å². The molecule has 1 aliphatic rings. The predicted octanol–water partition coefficient (Wildman–Crippen LogP) is 1.76. The average molecular weight is 363 g/mol. The van der Waals surface area contributed by atoms with Gasteiger partial charge in [0.25, 0.3) is 0 Å². The number of hydrogen-bond acceptors (Lipinski definition) is 4. The van der Waals surface area contributed by atoms with E-state index in [0.717, 1.165) is 28.0 Å². The standard InChI is InChI=1S/C20H21N5O2/c1-14-16(5-3-7-21-14)17-12-15-4-2-8-23-20(15)25(17)10-6-19(27)24-11-9-22-18(26)13-24/h2-5,7-8,12H,6,9-11,13H2,1H3,(H,22,26).